The van der Waals surface area contributed by atoms with Gasteiger partial charge in [-0.1, -0.05) is 5.16 Å². The van der Waals surface area contributed by atoms with E-state index < -0.39 is 0 Å². The Morgan fingerprint density at radius 2 is 2.03 bits per heavy atom. The lowest BCUT2D eigenvalue weighted by molar-refractivity contribution is 0.0955. The van der Waals surface area contributed by atoms with E-state index >= 15 is 0 Å². The van der Waals surface area contributed by atoms with Crippen molar-refractivity contribution in [3.63, 3.8) is 0 Å². The van der Waals surface area contributed by atoms with Crippen molar-refractivity contribution in [2.75, 3.05) is 66.0 Å². The van der Waals surface area contributed by atoms with Crippen LogP contribution in [0.15, 0.2) is 29.4 Å². The van der Waals surface area contributed by atoms with Gasteiger partial charge in [0.2, 0.25) is 12.7 Å². The molecule has 0 radical (unpaired) electrons. The molecule has 0 aliphatic carbocycles. The van der Waals surface area contributed by atoms with Gasteiger partial charge in [-0.25, -0.2) is 9.97 Å². The first-order chi connectivity index (χ1) is 18.0. The Morgan fingerprint density at radius 3 is 2.84 bits per heavy atom. The topological polar surface area (TPSA) is 127 Å². The lowest BCUT2D eigenvalue weighted by atomic mass is 10.0. The van der Waals surface area contributed by atoms with Gasteiger partial charge in [0.1, 0.15) is 22.8 Å². The first-order valence-corrected chi connectivity index (χ1v) is 13.1. The minimum absolute atomic E-state index is 0.0921. The number of hydrogen-bond acceptors (Lipinski definition) is 11. The minimum atomic E-state index is -0.169. The number of benzene rings is 1. The van der Waals surface area contributed by atoms with Crippen LogP contribution in [0, 0.1) is 0 Å². The molecule has 1 amide bonds. The molecule has 4 heterocycles. The summed E-state index contributed by atoms with van der Waals surface area (Å²) in [6, 6.07) is 7.33. The molecule has 1 saturated heterocycles. The Kier molecular flexibility index (Phi) is 7.68. The number of fused-ring (bicyclic) bond motifs is 2. The Labute approximate surface area is 219 Å². The van der Waals surface area contributed by atoms with Crippen LogP contribution in [0.3, 0.4) is 0 Å². The zero-order chi connectivity index (χ0) is 25.8. The Bertz CT molecular complexity index is 1300. The van der Waals surface area contributed by atoms with E-state index in [4.69, 9.17) is 20.0 Å². The summed E-state index contributed by atoms with van der Waals surface area (Å²) in [4.78, 5) is 33.0. The fourth-order valence-electron chi connectivity index (χ4n) is 4.27. The molecule has 3 aromatic rings. The van der Waals surface area contributed by atoms with Crippen LogP contribution in [-0.4, -0.2) is 91.6 Å². The van der Waals surface area contributed by atoms with Crippen molar-refractivity contribution in [3.8, 4) is 11.5 Å². The van der Waals surface area contributed by atoms with E-state index in [0.717, 1.165) is 31.7 Å². The number of anilines is 1. The average Bonchev–Trinajstić information content (AvgIpc) is 3.63. The molecule has 0 unspecified atom stereocenters. The van der Waals surface area contributed by atoms with E-state index in [-0.39, 0.29) is 18.6 Å². The van der Waals surface area contributed by atoms with E-state index in [1.54, 1.807) is 6.07 Å². The number of amides is 1. The predicted molar refractivity (Wildman–Crippen MR) is 143 cm³/mol. The molecule has 1 fully saturated rings. The van der Waals surface area contributed by atoms with Crippen molar-refractivity contribution in [3.05, 3.63) is 40.4 Å². The molecule has 0 atom stereocenters. The number of nitrogens with zero attached hydrogens (tertiary/aromatic N) is 5. The van der Waals surface area contributed by atoms with Crippen molar-refractivity contribution >= 4 is 39.1 Å². The lowest BCUT2D eigenvalue weighted by Gasteiger charge is -2.14. The second kappa shape index (κ2) is 11.3. The molecule has 1 aromatic carbocycles. The maximum Gasteiger partial charge on any atom is 0.261 e. The van der Waals surface area contributed by atoms with Gasteiger partial charge in [0.15, 0.2) is 11.5 Å². The summed E-state index contributed by atoms with van der Waals surface area (Å²) in [5.74, 6) is 1.21. The molecular weight excluding hydrogens is 494 g/mol. The van der Waals surface area contributed by atoms with Gasteiger partial charge >= 0.3 is 0 Å². The smallest absolute Gasteiger partial charge is 0.261 e. The van der Waals surface area contributed by atoms with Crippen molar-refractivity contribution in [1.29, 1.82) is 0 Å². The molecule has 3 N–H and O–H groups in total. The summed E-state index contributed by atoms with van der Waals surface area (Å²) in [6.45, 7) is 4.85. The summed E-state index contributed by atoms with van der Waals surface area (Å²) in [5.41, 5.74) is 7.80. The van der Waals surface area contributed by atoms with Crippen molar-refractivity contribution < 1.29 is 19.1 Å². The van der Waals surface area contributed by atoms with Gasteiger partial charge in [-0.3, -0.25) is 9.69 Å². The number of carbonyl (C=O) groups excluding carboxylic acids is 1. The van der Waals surface area contributed by atoms with E-state index in [2.05, 4.69) is 25.3 Å². The number of ether oxygens (including phenoxy) is 2. The van der Waals surface area contributed by atoms with Gasteiger partial charge in [0.05, 0.1) is 4.88 Å². The van der Waals surface area contributed by atoms with E-state index in [1.807, 2.05) is 37.2 Å². The highest BCUT2D eigenvalue weighted by Gasteiger charge is 2.23. The molecule has 2 aliphatic heterocycles. The van der Waals surface area contributed by atoms with Crippen LogP contribution in [0.25, 0.3) is 10.2 Å². The van der Waals surface area contributed by atoms with Gasteiger partial charge in [-0.15, -0.1) is 11.3 Å². The minimum Gasteiger partial charge on any atom is -0.454 e. The van der Waals surface area contributed by atoms with Gasteiger partial charge in [-0.2, -0.15) is 0 Å². The van der Waals surface area contributed by atoms with Crippen LogP contribution in [0.5, 0.6) is 11.5 Å². The monoisotopic (exact) mass is 525 g/mol. The standard InChI is InChI=1S/C25H31N7O4S/c1-31(2)10-7-27-23(33)20-14-17-22(28-25(26)29-24(17)37-20)21(30-36-12-11-32-8-3-4-9-32)16-5-6-18-19(13-16)35-15-34-18/h5-6,13-14H,3-4,7-12,15H2,1-2H3,(H,27,33)(H2,26,28,29). The molecule has 2 aromatic heterocycles. The first kappa shape index (κ1) is 25.2. The summed E-state index contributed by atoms with van der Waals surface area (Å²) >= 11 is 1.27. The quantitative estimate of drug-likeness (QED) is 0.232. The van der Waals surface area contributed by atoms with Crippen molar-refractivity contribution in [2.24, 2.45) is 5.16 Å². The third-order valence-corrected chi connectivity index (χ3v) is 7.23. The zero-order valence-electron chi connectivity index (χ0n) is 21.0. The molecule has 0 spiro atoms. The maximum atomic E-state index is 12.8. The number of hydrogen-bond donors (Lipinski definition) is 2. The summed E-state index contributed by atoms with van der Waals surface area (Å²) in [7, 11) is 3.92. The Morgan fingerprint density at radius 1 is 1.22 bits per heavy atom. The third-order valence-electron chi connectivity index (χ3n) is 6.20. The number of likely N-dealkylation sites (N-methyl/N-ethyl adjacent to an activating group) is 1. The van der Waals surface area contributed by atoms with Crippen molar-refractivity contribution in [2.45, 2.75) is 12.8 Å². The average molecular weight is 526 g/mol. The molecule has 37 heavy (non-hydrogen) atoms. The molecule has 11 nitrogen and oxygen atoms in total. The van der Waals surface area contributed by atoms with Crippen LogP contribution >= 0.6 is 11.3 Å². The first-order valence-electron chi connectivity index (χ1n) is 12.3. The summed E-state index contributed by atoms with van der Waals surface area (Å²) in [6.07, 6.45) is 2.43. The molecule has 5 rings (SSSR count). The highest BCUT2D eigenvalue weighted by atomic mass is 32.1. The molecule has 0 saturated carbocycles. The zero-order valence-corrected chi connectivity index (χ0v) is 21.8. The fourth-order valence-corrected chi connectivity index (χ4v) is 5.23. The van der Waals surface area contributed by atoms with E-state index in [0.29, 0.717) is 51.2 Å². The largest absolute Gasteiger partial charge is 0.454 e. The molecule has 12 heteroatoms. The molecular formula is C25H31N7O4S. The van der Waals surface area contributed by atoms with Crippen LogP contribution in [0.1, 0.15) is 33.8 Å². The second-order valence-electron chi connectivity index (χ2n) is 9.21. The van der Waals surface area contributed by atoms with Gasteiger partial charge < -0.3 is 30.3 Å². The number of aromatic nitrogens is 2. The van der Waals surface area contributed by atoms with Gasteiger partial charge in [0.25, 0.3) is 5.91 Å². The molecule has 2 aliphatic rings. The number of thiophene rings is 1. The van der Waals surface area contributed by atoms with Crippen molar-refractivity contribution in [1.82, 2.24) is 25.1 Å². The number of rotatable bonds is 10. The number of nitrogen functional groups attached to an aromatic ring is 1. The highest BCUT2D eigenvalue weighted by molar-refractivity contribution is 7.20. The lowest BCUT2D eigenvalue weighted by Crippen LogP contribution is -2.30. The number of nitrogens with one attached hydrogen (secondary N) is 1. The number of likely N-dealkylation sites (tertiary alicyclic amines) is 1. The Hall–Kier alpha value is -3.48. The number of oxime groups is 1. The normalized spacial score (nSPS) is 15.6. The van der Waals surface area contributed by atoms with E-state index in [9.17, 15) is 4.79 Å². The molecule has 196 valence electrons. The third kappa shape index (κ3) is 5.92. The second-order valence-corrected chi connectivity index (χ2v) is 10.2. The predicted octanol–water partition coefficient (Wildman–Crippen LogP) is 2.16. The number of nitrogens with two attached hydrogens (primary N) is 1. The van der Waals surface area contributed by atoms with Crippen LogP contribution in [0.2, 0.25) is 0 Å². The Balaban J connectivity index is 1.47. The highest BCUT2D eigenvalue weighted by Crippen LogP contribution is 2.34. The SMILES string of the molecule is CN(C)CCNC(=O)c1cc2c(C(=NOCCN3CCCC3)c3ccc4c(c3)OCO4)nc(N)nc2s1. The summed E-state index contributed by atoms with van der Waals surface area (Å²) < 4.78 is 11.1. The van der Waals surface area contributed by atoms with Gasteiger partial charge in [0, 0.05) is 30.6 Å². The summed E-state index contributed by atoms with van der Waals surface area (Å²) in [5, 5.41) is 8.13. The van der Waals surface area contributed by atoms with Crippen LogP contribution < -0.4 is 20.5 Å². The van der Waals surface area contributed by atoms with E-state index in [1.165, 1.54) is 24.2 Å². The van der Waals surface area contributed by atoms with Crippen LogP contribution in [-0.2, 0) is 4.84 Å². The fraction of sp³-hybridized carbons (Fsp3) is 0.440. The van der Waals surface area contributed by atoms with Crippen LogP contribution in [0.4, 0.5) is 5.95 Å². The number of carbonyl (C=O) groups is 1. The molecule has 0 bridgehead atoms. The van der Waals surface area contributed by atoms with Gasteiger partial charge in [-0.05, 0) is 64.3 Å². The maximum absolute atomic E-state index is 12.8.